The maximum atomic E-state index is 13.5. The summed E-state index contributed by atoms with van der Waals surface area (Å²) in [5.74, 6) is -4.28. The Balaban J connectivity index is 2.30. The number of benzene rings is 1. The van der Waals surface area contributed by atoms with Crippen LogP contribution in [0, 0.1) is 11.6 Å². The first-order chi connectivity index (χ1) is 7.82. The second-order valence-electron chi connectivity index (χ2n) is 4.51. The number of aliphatic hydroxyl groups is 1. The molecule has 0 bridgehead atoms. The Morgan fingerprint density at radius 2 is 1.59 bits per heavy atom. The van der Waals surface area contributed by atoms with E-state index in [1.54, 1.807) is 0 Å². The molecule has 1 aliphatic carbocycles. The van der Waals surface area contributed by atoms with Crippen LogP contribution in [0.2, 0.25) is 0 Å². The van der Waals surface area contributed by atoms with Crippen LogP contribution in [0.1, 0.15) is 31.2 Å². The molecule has 94 valence electrons. The molecule has 0 atom stereocenters. The molecule has 1 fully saturated rings. The van der Waals surface area contributed by atoms with Crippen molar-refractivity contribution in [3.05, 3.63) is 35.4 Å². The topological polar surface area (TPSA) is 20.2 Å². The third-order valence-corrected chi connectivity index (χ3v) is 3.24. The van der Waals surface area contributed by atoms with E-state index < -0.39 is 36.0 Å². The van der Waals surface area contributed by atoms with Crippen molar-refractivity contribution in [2.45, 2.75) is 37.2 Å². The van der Waals surface area contributed by atoms with E-state index in [9.17, 15) is 22.7 Å². The summed E-state index contributed by atoms with van der Waals surface area (Å²) in [5, 5.41) is 10.1. The Kier molecular flexibility index (Phi) is 2.89. The summed E-state index contributed by atoms with van der Waals surface area (Å²) in [6.45, 7) is 0. The molecule has 0 saturated heterocycles. The number of hydrogen-bond acceptors (Lipinski definition) is 1. The minimum atomic E-state index is -2.82. The zero-order valence-corrected chi connectivity index (χ0v) is 9.02. The van der Waals surface area contributed by atoms with Crippen molar-refractivity contribution in [1.82, 2.24) is 0 Å². The summed E-state index contributed by atoms with van der Waals surface area (Å²) < 4.78 is 52.4. The molecule has 5 heteroatoms. The summed E-state index contributed by atoms with van der Waals surface area (Å²) >= 11 is 0. The van der Waals surface area contributed by atoms with Gasteiger partial charge in [0.25, 0.3) is 0 Å². The Labute approximate surface area is 96.1 Å². The highest BCUT2D eigenvalue weighted by molar-refractivity contribution is 5.26. The van der Waals surface area contributed by atoms with Gasteiger partial charge in [-0.3, -0.25) is 0 Å². The lowest BCUT2D eigenvalue weighted by molar-refractivity contribution is -0.108. The van der Waals surface area contributed by atoms with E-state index >= 15 is 0 Å². The Bertz CT molecular complexity index is 421. The van der Waals surface area contributed by atoms with Crippen LogP contribution in [-0.2, 0) is 5.60 Å². The van der Waals surface area contributed by atoms with Gasteiger partial charge in [0.2, 0.25) is 5.92 Å². The van der Waals surface area contributed by atoms with Crippen molar-refractivity contribution in [3.63, 3.8) is 0 Å². The van der Waals surface area contributed by atoms with Gasteiger partial charge >= 0.3 is 0 Å². The molecule has 0 unspecified atom stereocenters. The highest BCUT2D eigenvalue weighted by Crippen LogP contribution is 2.44. The number of rotatable bonds is 1. The van der Waals surface area contributed by atoms with Gasteiger partial charge in [0, 0.05) is 18.4 Å². The van der Waals surface area contributed by atoms with E-state index in [0.29, 0.717) is 0 Å². The summed E-state index contributed by atoms with van der Waals surface area (Å²) in [6.07, 6.45) is -1.56. The van der Waals surface area contributed by atoms with Crippen molar-refractivity contribution in [2.24, 2.45) is 0 Å². The number of alkyl halides is 2. The van der Waals surface area contributed by atoms with Crippen LogP contribution in [0.4, 0.5) is 17.6 Å². The van der Waals surface area contributed by atoms with Gasteiger partial charge in [-0.05, 0) is 31.0 Å². The predicted molar refractivity (Wildman–Crippen MR) is 53.7 cm³/mol. The fraction of sp³-hybridized carbons (Fsp3) is 0.500. The van der Waals surface area contributed by atoms with Crippen LogP contribution < -0.4 is 0 Å². The van der Waals surface area contributed by atoms with E-state index in [4.69, 9.17) is 0 Å². The molecule has 1 saturated carbocycles. The van der Waals surface area contributed by atoms with Gasteiger partial charge in [-0.15, -0.1) is 0 Å². The van der Waals surface area contributed by atoms with Gasteiger partial charge in [-0.2, -0.15) is 0 Å². The summed E-state index contributed by atoms with van der Waals surface area (Å²) in [5.41, 5.74) is -1.92. The zero-order valence-electron chi connectivity index (χ0n) is 9.02. The van der Waals surface area contributed by atoms with Gasteiger partial charge in [-0.25, -0.2) is 17.6 Å². The van der Waals surface area contributed by atoms with Gasteiger partial charge in [0.1, 0.15) is 11.6 Å². The van der Waals surface area contributed by atoms with E-state index in [-0.39, 0.29) is 18.4 Å². The number of hydrogen-bond donors (Lipinski definition) is 1. The van der Waals surface area contributed by atoms with Crippen LogP contribution in [-0.4, -0.2) is 11.0 Å². The molecule has 17 heavy (non-hydrogen) atoms. The largest absolute Gasteiger partial charge is 0.385 e. The normalized spacial score (nSPS) is 22.4. The lowest BCUT2D eigenvalue weighted by Gasteiger charge is -2.36. The van der Waals surface area contributed by atoms with Crippen LogP contribution >= 0.6 is 0 Å². The molecular formula is C12H12F4O. The standard InChI is InChI=1S/C12H12F4O/c13-8-1-2-10(14)9(7-8)11(17)3-5-12(15,16)6-4-11/h1-2,7,17H,3-6H2. The lowest BCUT2D eigenvalue weighted by Crippen LogP contribution is -2.37. The highest BCUT2D eigenvalue weighted by atomic mass is 19.3. The van der Waals surface area contributed by atoms with E-state index in [2.05, 4.69) is 0 Å². The highest BCUT2D eigenvalue weighted by Gasteiger charge is 2.44. The maximum absolute atomic E-state index is 13.5. The van der Waals surface area contributed by atoms with Crippen LogP contribution in [0.15, 0.2) is 18.2 Å². The Hall–Kier alpha value is -1.10. The van der Waals surface area contributed by atoms with Crippen LogP contribution in [0.3, 0.4) is 0 Å². The Morgan fingerprint density at radius 1 is 1.00 bits per heavy atom. The molecule has 2 rings (SSSR count). The quantitative estimate of drug-likeness (QED) is 0.755. The molecule has 0 spiro atoms. The maximum Gasteiger partial charge on any atom is 0.248 e. The smallest absolute Gasteiger partial charge is 0.248 e. The first-order valence-electron chi connectivity index (χ1n) is 5.38. The third kappa shape index (κ3) is 2.44. The van der Waals surface area contributed by atoms with Gasteiger partial charge < -0.3 is 5.11 Å². The molecule has 1 aliphatic rings. The van der Waals surface area contributed by atoms with E-state index in [1.807, 2.05) is 0 Å². The predicted octanol–water partition coefficient (Wildman–Crippen LogP) is 3.36. The van der Waals surface area contributed by atoms with Crippen LogP contribution in [0.25, 0.3) is 0 Å². The third-order valence-electron chi connectivity index (χ3n) is 3.24. The molecule has 0 amide bonds. The fourth-order valence-electron chi connectivity index (χ4n) is 2.15. The minimum Gasteiger partial charge on any atom is -0.385 e. The molecule has 1 N–H and O–H groups in total. The SMILES string of the molecule is OC1(c2cc(F)ccc2F)CCC(F)(F)CC1. The van der Waals surface area contributed by atoms with Crippen molar-refractivity contribution in [1.29, 1.82) is 0 Å². The minimum absolute atomic E-state index is 0.229. The second-order valence-corrected chi connectivity index (χ2v) is 4.51. The Morgan fingerprint density at radius 3 is 2.18 bits per heavy atom. The van der Waals surface area contributed by atoms with Gasteiger partial charge in [0.15, 0.2) is 0 Å². The second kappa shape index (κ2) is 3.98. The summed E-state index contributed by atoms with van der Waals surface area (Å²) in [7, 11) is 0. The number of halogens is 4. The molecule has 1 nitrogen and oxygen atoms in total. The van der Waals surface area contributed by atoms with Gasteiger partial charge in [-0.1, -0.05) is 0 Å². The van der Waals surface area contributed by atoms with Gasteiger partial charge in [0.05, 0.1) is 5.60 Å². The van der Waals surface area contributed by atoms with Crippen molar-refractivity contribution in [2.75, 3.05) is 0 Å². The monoisotopic (exact) mass is 248 g/mol. The zero-order chi connectivity index (χ0) is 12.7. The molecular weight excluding hydrogens is 236 g/mol. The first-order valence-corrected chi connectivity index (χ1v) is 5.38. The molecule has 1 aromatic carbocycles. The molecule has 0 radical (unpaired) electrons. The first kappa shape index (κ1) is 12.4. The molecule has 0 heterocycles. The average molecular weight is 248 g/mol. The molecule has 0 aromatic heterocycles. The molecule has 1 aromatic rings. The summed E-state index contributed by atoms with van der Waals surface area (Å²) in [6, 6.07) is 2.70. The van der Waals surface area contributed by atoms with Crippen molar-refractivity contribution < 1.29 is 22.7 Å². The van der Waals surface area contributed by atoms with Crippen LogP contribution in [0.5, 0.6) is 0 Å². The summed E-state index contributed by atoms with van der Waals surface area (Å²) in [4.78, 5) is 0. The van der Waals surface area contributed by atoms with Crippen molar-refractivity contribution >= 4 is 0 Å². The lowest BCUT2D eigenvalue weighted by atomic mass is 9.78. The average Bonchev–Trinajstić information content (AvgIpc) is 2.26. The molecule has 0 aliphatic heterocycles. The fourth-order valence-corrected chi connectivity index (χ4v) is 2.15. The van der Waals surface area contributed by atoms with E-state index in [0.717, 1.165) is 18.2 Å². The van der Waals surface area contributed by atoms with Crippen molar-refractivity contribution in [3.8, 4) is 0 Å². The van der Waals surface area contributed by atoms with E-state index in [1.165, 1.54) is 0 Å².